The fourth-order valence-electron chi connectivity index (χ4n) is 1.76. The van der Waals surface area contributed by atoms with E-state index in [4.69, 9.17) is 16.3 Å². The summed E-state index contributed by atoms with van der Waals surface area (Å²) in [6, 6.07) is 1.43. The van der Waals surface area contributed by atoms with Crippen molar-refractivity contribution in [2.75, 3.05) is 7.11 Å². The number of Topliss-reactive ketones (excluding diaryl/α,β-unsaturated/α-hetero) is 1. The number of phenolic OH excluding ortho intramolecular Hbond substituents is 1. The minimum Gasteiger partial charge on any atom is -0.507 e. The van der Waals surface area contributed by atoms with Gasteiger partial charge in [0.2, 0.25) is 5.78 Å². The first kappa shape index (κ1) is 11.7. The average molecular weight is 253 g/mol. The second-order valence-electron chi connectivity index (χ2n) is 3.66. The van der Waals surface area contributed by atoms with E-state index in [-0.39, 0.29) is 21.9 Å². The molecule has 0 aromatic heterocycles. The molecule has 1 aliphatic rings. The zero-order chi connectivity index (χ0) is 12.7. The third kappa shape index (κ3) is 1.61. The van der Waals surface area contributed by atoms with E-state index in [2.05, 4.69) is 0 Å². The Kier molecular flexibility index (Phi) is 2.67. The molecule has 0 heterocycles. The molecule has 0 aliphatic heterocycles. The molecule has 0 bridgehead atoms. The Morgan fingerprint density at radius 3 is 2.59 bits per heavy atom. The number of allylic oxidation sites excluding steroid dienone is 2. The highest BCUT2D eigenvalue weighted by Gasteiger charge is 2.30. The molecule has 0 spiro atoms. The van der Waals surface area contributed by atoms with Crippen LogP contribution >= 0.6 is 11.6 Å². The van der Waals surface area contributed by atoms with Crippen molar-refractivity contribution in [3.63, 3.8) is 0 Å². The monoisotopic (exact) mass is 252 g/mol. The van der Waals surface area contributed by atoms with Crippen LogP contribution in [0.25, 0.3) is 0 Å². The van der Waals surface area contributed by atoms with Crippen LogP contribution in [0.5, 0.6) is 11.5 Å². The minimum absolute atomic E-state index is 0.0548. The van der Waals surface area contributed by atoms with E-state index in [9.17, 15) is 14.7 Å². The van der Waals surface area contributed by atoms with Gasteiger partial charge in [0.15, 0.2) is 5.78 Å². The van der Waals surface area contributed by atoms with Crippen LogP contribution in [0.1, 0.15) is 26.3 Å². The van der Waals surface area contributed by atoms with Crippen molar-refractivity contribution in [2.24, 2.45) is 0 Å². The van der Waals surface area contributed by atoms with Gasteiger partial charge in [-0.2, -0.15) is 0 Å². The smallest absolute Gasteiger partial charge is 0.208 e. The topological polar surface area (TPSA) is 63.6 Å². The lowest BCUT2D eigenvalue weighted by molar-refractivity contribution is 0.0987. The Balaban J connectivity index is 2.80. The summed E-state index contributed by atoms with van der Waals surface area (Å²) in [5.41, 5.74) is 0.457. The predicted octanol–water partition coefficient (Wildman–Crippen LogP) is 2.21. The molecule has 1 aliphatic carbocycles. The van der Waals surface area contributed by atoms with Crippen LogP contribution in [0.15, 0.2) is 17.2 Å². The molecule has 0 radical (unpaired) electrons. The number of phenols is 1. The van der Waals surface area contributed by atoms with E-state index in [1.807, 2.05) is 0 Å². The first-order valence-corrected chi connectivity index (χ1v) is 5.22. The molecule has 0 amide bonds. The van der Waals surface area contributed by atoms with Crippen LogP contribution in [0.4, 0.5) is 0 Å². The number of ketones is 2. The molecule has 0 fully saturated rings. The van der Waals surface area contributed by atoms with Crippen molar-refractivity contribution in [1.82, 2.24) is 0 Å². The summed E-state index contributed by atoms with van der Waals surface area (Å²) in [5.74, 6) is -0.875. The number of methoxy groups -OCH3 is 1. The number of rotatable bonds is 1. The molecule has 88 valence electrons. The number of hydrogen-bond donors (Lipinski definition) is 1. The summed E-state index contributed by atoms with van der Waals surface area (Å²) in [6.07, 6.45) is 1.04. The van der Waals surface area contributed by atoms with E-state index in [0.29, 0.717) is 11.3 Å². The molecule has 4 nitrogen and oxygen atoms in total. The van der Waals surface area contributed by atoms with Gasteiger partial charge in [0.05, 0.1) is 17.7 Å². The standard InChI is InChI=1S/C12H9ClO4/c1-5-9(17-2)3-6-8(14)4-7(13)12(16)10(6)11(5)15/h3-4,15H,1-2H3. The average Bonchev–Trinajstić information content (AvgIpc) is 2.29. The molecule has 17 heavy (non-hydrogen) atoms. The number of halogens is 1. The van der Waals surface area contributed by atoms with Gasteiger partial charge < -0.3 is 9.84 Å². The maximum Gasteiger partial charge on any atom is 0.208 e. The van der Waals surface area contributed by atoms with E-state index in [1.165, 1.54) is 13.2 Å². The van der Waals surface area contributed by atoms with Crippen molar-refractivity contribution in [2.45, 2.75) is 6.92 Å². The quantitative estimate of drug-likeness (QED) is 0.832. The summed E-state index contributed by atoms with van der Waals surface area (Å²) in [4.78, 5) is 23.5. The third-order valence-electron chi connectivity index (χ3n) is 2.69. The van der Waals surface area contributed by atoms with Crippen molar-refractivity contribution in [1.29, 1.82) is 0 Å². The highest BCUT2D eigenvalue weighted by Crippen LogP contribution is 2.37. The molecule has 0 saturated carbocycles. The number of aromatic hydroxyl groups is 1. The zero-order valence-corrected chi connectivity index (χ0v) is 9.96. The summed E-state index contributed by atoms with van der Waals surface area (Å²) in [7, 11) is 1.42. The lowest BCUT2D eigenvalue weighted by Gasteiger charge is -2.16. The molecule has 0 atom stereocenters. The maximum atomic E-state index is 11.8. The number of fused-ring (bicyclic) bond motifs is 1. The number of hydrogen-bond acceptors (Lipinski definition) is 4. The number of carbonyl (C=O) groups is 2. The predicted molar refractivity (Wildman–Crippen MR) is 62.0 cm³/mol. The summed E-state index contributed by atoms with van der Waals surface area (Å²) < 4.78 is 5.03. The molecule has 1 N–H and O–H groups in total. The van der Waals surface area contributed by atoms with E-state index < -0.39 is 11.6 Å². The Morgan fingerprint density at radius 1 is 1.35 bits per heavy atom. The van der Waals surface area contributed by atoms with E-state index >= 15 is 0 Å². The maximum absolute atomic E-state index is 11.8. The molecular formula is C12H9ClO4. The van der Waals surface area contributed by atoms with Crippen LogP contribution < -0.4 is 4.74 Å². The van der Waals surface area contributed by atoms with Gasteiger partial charge in [-0.15, -0.1) is 0 Å². The summed E-state index contributed by atoms with van der Waals surface area (Å²) in [5, 5.41) is 9.73. The van der Waals surface area contributed by atoms with Crippen molar-refractivity contribution in [3.8, 4) is 11.5 Å². The fraction of sp³-hybridized carbons (Fsp3) is 0.167. The van der Waals surface area contributed by atoms with E-state index in [1.54, 1.807) is 6.92 Å². The van der Waals surface area contributed by atoms with E-state index in [0.717, 1.165) is 6.08 Å². The molecule has 0 saturated heterocycles. The Labute approximate surface area is 102 Å². The zero-order valence-electron chi connectivity index (χ0n) is 9.20. The van der Waals surface area contributed by atoms with Crippen LogP contribution in [0, 0.1) is 6.92 Å². The minimum atomic E-state index is -0.551. The number of benzene rings is 1. The molecule has 1 aromatic rings. The van der Waals surface area contributed by atoms with Gasteiger partial charge in [-0.3, -0.25) is 9.59 Å². The SMILES string of the molecule is COc1cc2c(c(O)c1C)C(=O)C(Cl)=CC2=O. The van der Waals surface area contributed by atoms with Crippen molar-refractivity contribution >= 4 is 23.2 Å². The molecule has 2 rings (SSSR count). The van der Waals surface area contributed by atoms with Crippen molar-refractivity contribution < 1.29 is 19.4 Å². The molecule has 0 unspecified atom stereocenters. The largest absolute Gasteiger partial charge is 0.507 e. The molecular weight excluding hydrogens is 244 g/mol. The number of ether oxygens (including phenoxy) is 1. The first-order valence-electron chi connectivity index (χ1n) is 4.84. The van der Waals surface area contributed by atoms with Gasteiger partial charge in [-0.05, 0) is 13.0 Å². The summed E-state index contributed by atoms with van der Waals surface area (Å²) in [6.45, 7) is 1.60. The Morgan fingerprint density at radius 2 is 2.00 bits per heavy atom. The molecule has 5 heteroatoms. The summed E-state index contributed by atoms with van der Waals surface area (Å²) >= 11 is 5.64. The Bertz CT molecular complexity index is 572. The lowest BCUT2D eigenvalue weighted by Crippen LogP contribution is -2.15. The van der Waals surface area contributed by atoms with Crippen LogP contribution in [0.3, 0.4) is 0 Å². The molecule has 1 aromatic carbocycles. The van der Waals surface area contributed by atoms with Gasteiger partial charge >= 0.3 is 0 Å². The van der Waals surface area contributed by atoms with Crippen LogP contribution in [0.2, 0.25) is 0 Å². The lowest BCUT2D eigenvalue weighted by atomic mass is 9.91. The van der Waals surface area contributed by atoms with Crippen LogP contribution in [-0.2, 0) is 0 Å². The Hall–Kier alpha value is -1.81. The van der Waals surface area contributed by atoms with Gasteiger partial charge in [0, 0.05) is 17.2 Å². The van der Waals surface area contributed by atoms with Gasteiger partial charge in [0.1, 0.15) is 11.5 Å². The van der Waals surface area contributed by atoms with Gasteiger partial charge in [-0.25, -0.2) is 0 Å². The number of carbonyl (C=O) groups excluding carboxylic acids is 2. The third-order valence-corrected chi connectivity index (χ3v) is 2.97. The second-order valence-corrected chi connectivity index (χ2v) is 4.07. The highest BCUT2D eigenvalue weighted by molar-refractivity contribution is 6.49. The second kappa shape index (κ2) is 3.89. The van der Waals surface area contributed by atoms with Crippen LogP contribution in [-0.4, -0.2) is 23.8 Å². The normalized spacial score (nSPS) is 14.4. The van der Waals surface area contributed by atoms with Gasteiger partial charge in [0.25, 0.3) is 0 Å². The highest BCUT2D eigenvalue weighted by atomic mass is 35.5. The first-order chi connectivity index (χ1) is 7.97. The fourth-order valence-corrected chi connectivity index (χ4v) is 1.95. The van der Waals surface area contributed by atoms with Crippen molar-refractivity contribution in [3.05, 3.63) is 33.9 Å². The van der Waals surface area contributed by atoms with Gasteiger partial charge in [-0.1, -0.05) is 11.6 Å².